The van der Waals surface area contributed by atoms with E-state index in [1.807, 2.05) is 43.5 Å². The summed E-state index contributed by atoms with van der Waals surface area (Å²) in [6, 6.07) is 22.5. The molecular formula is C22H21N2OS+. The highest BCUT2D eigenvalue weighted by molar-refractivity contribution is 7.10. The van der Waals surface area contributed by atoms with Crippen LogP contribution in [-0.2, 0) is 0 Å². The number of quaternary nitrogens is 1. The maximum atomic E-state index is 13.1. The highest BCUT2D eigenvalue weighted by Crippen LogP contribution is 2.23. The number of nitrogens with one attached hydrogen (secondary N) is 1. The number of aromatic amines is 1. The molecule has 4 aromatic rings. The number of rotatable bonds is 6. The summed E-state index contributed by atoms with van der Waals surface area (Å²) in [4.78, 5) is 17.6. The minimum atomic E-state index is -0.179. The Bertz CT molecular complexity index is 1010. The predicted octanol–water partition coefficient (Wildman–Crippen LogP) is 4.15. The molecule has 0 aliphatic heterocycles. The average Bonchev–Trinajstić information content (AvgIpc) is 3.36. The number of hydrogen-bond acceptors (Lipinski definition) is 2. The van der Waals surface area contributed by atoms with E-state index in [1.165, 1.54) is 10.4 Å². The van der Waals surface area contributed by atoms with Crippen LogP contribution in [0, 0.1) is 0 Å². The number of aromatic nitrogens is 1. The third-order valence-electron chi connectivity index (χ3n) is 4.76. The summed E-state index contributed by atoms with van der Waals surface area (Å²) < 4.78 is 0. The largest absolute Gasteiger partial charge is 0.360 e. The van der Waals surface area contributed by atoms with Gasteiger partial charge < -0.3 is 10.3 Å². The van der Waals surface area contributed by atoms with Gasteiger partial charge in [0.15, 0.2) is 0 Å². The lowest BCUT2D eigenvalue weighted by molar-refractivity contribution is -0.703. The van der Waals surface area contributed by atoms with E-state index in [2.05, 4.69) is 52.1 Å². The summed E-state index contributed by atoms with van der Waals surface area (Å²) in [6.45, 7) is 1.99. The molecule has 0 aliphatic carbocycles. The topological polar surface area (TPSA) is 49.5 Å². The van der Waals surface area contributed by atoms with E-state index in [1.54, 1.807) is 11.3 Å². The molecule has 0 saturated heterocycles. The summed E-state index contributed by atoms with van der Waals surface area (Å²) in [6.07, 6.45) is 1.83. The number of carbonyl (C=O) groups excluding carboxylic acids is 1. The lowest BCUT2D eigenvalue weighted by Gasteiger charge is -2.19. The first kappa shape index (κ1) is 16.8. The van der Waals surface area contributed by atoms with Crippen LogP contribution in [0.5, 0.6) is 0 Å². The Morgan fingerprint density at radius 3 is 2.54 bits per heavy atom. The van der Waals surface area contributed by atoms with Gasteiger partial charge in [0, 0.05) is 28.2 Å². The lowest BCUT2D eigenvalue weighted by Crippen LogP contribution is -2.92. The smallest absolute Gasteiger partial charge is 0.221 e. The zero-order chi connectivity index (χ0) is 17.9. The van der Waals surface area contributed by atoms with Gasteiger partial charge in [0.25, 0.3) is 0 Å². The molecule has 0 unspecified atom stereocenters. The van der Waals surface area contributed by atoms with Crippen LogP contribution in [0.4, 0.5) is 0 Å². The maximum Gasteiger partial charge on any atom is 0.221 e. The molecule has 4 rings (SSSR count). The number of para-hydroxylation sites is 1. The van der Waals surface area contributed by atoms with Crippen LogP contribution in [0.25, 0.3) is 10.9 Å². The SMILES string of the molecule is C[C@@H]([NH2+][C@H](c1ccccc1)c1cccs1)C(=O)c1c[nH]c2ccccc12. The molecular weight excluding hydrogens is 340 g/mol. The molecule has 0 spiro atoms. The van der Waals surface area contributed by atoms with Gasteiger partial charge in [-0.3, -0.25) is 4.79 Å². The molecule has 2 aromatic heterocycles. The Labute approximate surface area is 156 Å². The summed E-state index contributed by atoms with van der Waals surface area (Å²) >= 11 is 1.73. The van der Waals surface area contributed by atoms with Gasteiger partial charge in [-0.1, -0.05) is 54.6 Å². The van der Waals surface area contributed by atoms with E-state index in [-0.39, 0.29) is 17.9 Å². The van der Waals surface area contributed by atoms with Gasteiger partial charge >= 0.3 is 0 Å². The molecule has 2 atom stereocenters. The number of ketones is 1. The minimum Gasteiger partial charge on any atom is -0.360 e. The molecule has 2 heterocycles. The number of fused-ring (bicyclic) bond motifs is 1. The third kappa shape index (κ3) is 3.21. The molecule has 0 bridgehead atoms. The molecule has 3 nitrogen and oxygen atoms in total. The lowest BCUT2D eigenvalue weighted by atomic mass is 10.0. The zero-order valence-electron chi connectivity index (χ0n) is 14.6. The van der Waals surface area contributed by atoms with Crippen molar-refractivity contribution < 1.29 is 10.1 Å². The van der Waals surface area contributed by atoms with Crippen molar-refractivity contribution in [1.82, 2.24) is 4.98 Å². The number of carbonyl (C=O) groups is 1. The molecule has 0 saturated carbocycles. The average molecular weight is 361 g/mol. The van der Waals surface area contributed by atoms with Crippen molar-refractivity contribution in [1.29, 1.82) is 0 Å². The van der Waals surface area contributed by atoms with Crippen molar-refractivity contribution in [3.63, 3.8) is 0 Å². The monoisotopic (exact) mass is 361 g/mol. The second kappa shape index (κ2) is 7.28. The van der Waals surface area contributed by atoms with E-state index in [0.29, 0.717) is 0 Å². The van der Waals surface area contributed by atoms with Crippen LogP contribution in [-0.4, -0.2) is 16.8 Å². The Hall–Kier alpha value is -2.69. The standard InChI is InChI=1S/C22H20N2OS/c1-15(22(25)18-14-23-19-11-6-5-10-17(18)19)24-21(20-12-7-13-26-20)16-8-3-2-4-9-16/h2-15,21,23-24H,1H3/p+1/t15-,21-/m1/s1. The highest BCUT2D eigenvalue weighted by Gasteiger charge is 2.27. The van der Waals surface area contributed by atoms with Crippen LogP contribution in [0.3, 0.4) is 0 Å². The van der Waals surface area contributed by atoms with Crippen LogP contribution in [0.1, 0.15) is 33.8 Å². The first-order chi connectivity index (χ1) is 12.7. The third-order valence-corrected chi connectivity index (χ3v) is 5.71. The Morgan fingerprint density at radius 1 is 1.00 bits per heavy atom. The number of nitrogens with two attached hydrogens (primary N) is 1. The molecule has 26 heavy (non-hydrogen) atoms. The quantitative estimate of drug-likeness (QED) is 0.498. The van der Waals surface area contributed by atoms with Gasteiger partial charge in [0.05, 0.1) is 4.88 Å². The molecule has 130 valence electrons. The van der Waals surface area contributed by atoms with Gasteiger partial charge in [-0.2, -0.15) is 0 Å². The van der Waals surface area contributed by atoms with Gasteiger partial charge in [-0.05, 0) is 24.4 Å². The molecule has 0 aliphatic rings. The fourth-order valence-corrected chi connectivity index (χ4v) is 4.23. The normalized spacial score (nSPS) is 13.6. The first-order valence-corrected chi connectivity index (χ1v) is 9.65. The molecule has 4 heteroatoms. The van der Waals surface area contributed by atoms with Gasteiger partial charge in [0.1, 0.15) is 12.1 Å². The number of Topliss-reactive ketones (excluding diaryl/α,β-unsaturated/α-hetero) is 1. The second-order valence-electron chi connectivity index (χ2n) is 6.50. The number of hydrogen-bond donors (Lipinski definition) is 2. The number of thiophene rings is 1. The highest BCUT2D eigenvalue weighted by atomic mass is 32.1. The Balaban J connectivity index is 1.62. The number of benzene rings is 2. The summed E-state index contributed by atoms with van der Waals surface area (Å²) in [5, 5.41) is 5.25. The molecule has 0 amide bonds. The van der Waals surface area contributed by atoms with E-state index >= 15 is 0 Å². The van der Waals surface area contributed by atoms with Crippen LogP contribution < -0.4 is 5.32 Å². The van der Waals surface area contributed by atoms with Crippen molar-refractivity contribution in [2.75, 3.05) is 0 Å². The summed E-state index contributed by atoms with van der Waals surface area (Å²) in [5.74, 6) is 0.153. The molecule has 3 N–H and O–H groups in total. The van der Waals surface area contributed by atoms with Crippen molar-refractivity contribution in [2.45, 2.75) is 19.0 Å². The van der Waals surface area contributed by atoms with E-state index in [0.717, 1.165) is 16.5 Å². The zero-order valence-corrected chi connectivity index (χ0v) is 15.4. The van der Waals surface area contributed by atoms with Gasteiger partial charge in [-0.15, -0.1) is 11.3 Å². The summed E-state index contributed by atoms with van der Waals surface area (Å²) in [7, 11) is 0. The first-order valence-electron chi connectivity index (χ1n) is 8.77. The minimum absolute atomic E-state index is 0.125. The molecule has 0 fully saturated rings. The fourth-order valence-electron chi connectivity index (χ4n) is 3.40. The van der Waals surface area contributed by atoms with Crippen molar-refractivity contribution in [2.24, 2.45) is 0 Å². The van der Waals surface area contributed by atoms with Gasteiger partial charge in [-0.25, -0.2) is 0 Å². The fraction of sp³-hybridized carbons (Fsp3) is 0.136. The molecule has 2 aromatic carbocycles. The number of H-pyrrole nitrogens is 1. The van der Waals surface area contributed by atoms with E-state index in [4.69, 9.17) is 0 Å². The van der Waals surface area contributed by atoms with Gasteiger partial charge in [0.2, 0.25) is 5.78 Å². The Morgan fingerprint density at radius 2 is 1.77 bits per heavy atom. The van der Waals surface area contributed by atoms with Crippen molar-refractivity contribution in [3.8, 4) is 0 Å². The maximum absolute atomic E-state index is 13.1. The van der Waals surface area contributed by atoms with Crippen molar-refractivity contribution >= 4 is 28.0 Å². The predicted molar refractivity (Wildman–Crippen MR) is 107 cm³/mol. The van der Waals surface area contributed by atoms with Crippen LogP contribution >= 0.6 is 11.3 Å². The van der Waals surface area contributed by atoms with E-state index in [9.17, 15) is 4.79 Å². The van der Waals surface area contributed by atoms with Crippen LogP contribution in [0.2, 0.25) is 0 Å². The second-order valence-corrected chi connectivity index (χ2v) is 7.48. The molecule has 0 radical (unpaired) electrons. The Kier molecular flexibility index (Phi) is 4.69. The van der Waals surface area contributed by atoms with Crippen LogP contribution in [0.15, 0.2) is 78.3 Å². The van der Waals surface area contributed by atoms with Crippen molar-refractivity contribution in [3.05, 3.63) is 94.3 Å². The van der Waals surface area contributed by atoms with E-state index < -0.39 is 0 Å². The summed E-state index contributed by atoms with van der Waals surface area (Å²) in [5.41, 5.74) is 2.98.